The summed E-state index contributed by atoms with van der Waals surface area (Å²) in [5.74, 6) is 0. The average molecular weight is 368 g/mol. The van der Waals surface area contributed by atoms with Gasteiger partial charge in [-0.25, -0.2) is 9.67 Å². The lowest BCUT2D eigenvalue weighted by Crippen LogP contribution is -2.24. The highest BCUT2D eigenvalue weighted by atomic mass is 32.2. The molecule has 3 heterocycles. The van der Waals surface area contributed by atoms with Crippen molar-refractivity contribution in [3.05, 3.63) is 52.4 Å². The predicted molar refractivity (Wildman–Crippen MR) is 103 cm³/mol. The number of fused-ring (bicyclic) bond motifs is 3. The summed E-state index contributed by atoms with van der Waals surface area (Å²) in [6.07, 6.45) is 6.10. The molecule has 0 aliphatic heterocycles. The zero-order valence-corrected chi connectivity index (χ0v) is 15.3. The van der Waals surface area contributed by atoms with Gasteiger partial charge in [0.2, 0.25) is 0 Å². The molecule has 5 nitrogen and oxygen atoms in total. The molecular formula is C18H16N4OS2. The maximum absolute atomic E-state index is 13.2. The van der Waals surface area contributed by atoms with Crippen molar-refractivity contribution in [1.82, 2.24) is 19.3 Å². The minimum Gasteiger partial charge on any atom is -0.317 e. The van der Waals surface area contributed by atoms with Crippen molar-refractivity contribution in [2.45, 2.75) is 29.8 Å². The number of thioether (sulfide) groups is 1. The summed E-state index contributed by atoms with van der Waals surface area (Å²) in [5.41, 5.74) is 2.76. The van der Waals surface area contributed by atoms with Crippen LogP contribution in [0.1, 0.15) is 24.4 Å². The number of thiazole rings is 1. The maximum atomic E-state index is 13.2. The lowest BCUT2D eigenvalue weighted by Gasteiger charge is -2.07. The minimum atomic E-state index is -0.0239. The van der Waals surface area contributed by atoms with Crippen molar-refractivity contribution in [2.24, 2.45) is 0 Å². The summed E-state index contributed by atoms with van der Waals surface area (Å²) in [4.78, 5) is 17.9. The zero-order valence-electron chi connectivity index (χ0n) is 13.7. The van der Waals surface area contributed by atoms with Crippen LogP contribution in [0.5, 0.6) is 0 Å². The highest BCUT2D eigenvalue weighted by molar-refractivity contribution is 8.00. The average Bonchev–Trinajstić information content (AvgIpc) is 3.30. The Bertz CT molecular complexity index is 1140. The second-order valence-corrected chi connectivity index (χ2v) is 8.35. The van der Waals surface area contributed by atoms with Gasteiger partial charge in [-0.2, -0.15) is 5.10 Å². The van der Waals surface area contributed by atoms with Gasteiger partial charge in [0.25, 0.3) is 5.56 Å². The van der Waals surface area contributed by atoms with E-state index in [0.717, 1.165) is 44.0 Å². The molecule has 0 unspecified atom stereocenters. The van der Waals surface area contributed by atoms with Gasteiger partial charge in [0.15, 0.2) is 9.99 Å². The Morgan fingerprint density at radius 1 is 1.28 bits per heavy atom. The number of rotatable bonds is 4. The minimum absolute atomic E-state index is 0.0239. The first kappa shape index (κ1) is 15.2. The molecule has 0 spiro atoms. The fraction of sp³-hybridized carbons (Fsp3) is 0.278. The molecule has 0 bridgehead atoms. The topological polar surface area (TPSA) is 52.7 Å². The van der Waals surface area contributed by atoms with Crippen molar-refractivity contribution >= 4 is 44.3 Å². The van der Waals surface area contributed by atoms with Gasteiger partial charge < -0.3 is 4.57 Å². The van der Waals surface area contributed by atoms with E-state index in [2.05, 4.69) is 9.67 Å². The van der Waals surface area contributed by atoms with Gasteiger partial charge in [0, 0.05) is 11.4 Å². The molecule has 1 aromatic carbocycles. The lowest BCUT2D eigenvalue weighted by atomic mass is 10.2. The largest absolute Gasteiger partial charge is 0.317 e. The Morgan fingerprint density at radius 2 is 2.08 bits per heavy atom. The Balaban J connectivity index is 1.74. The van der Waals surface area contributed by atoms with E-state index in [1.165, 1.54) is 0 Å². The summed E-state index contributed by atoms with van der Waals surface area (Å²) in [6, 6.07) is 10.4. The highest BCUT2D eigenvalue weighted by Gasteiger charge is 2.31. The van der Waals surface area contributed by atoms with E-state index < -0.39 is 0 Å². The zero-order chi connectivity index (χ0) is 17.0. The van der Waals surface area contributed by atoms with Crippen LogP contribution in [-0.2, 0) is 6.54 Å². The summed E-state index contributed by atoms with van der Waals surface area (Å²) in [7, 11) is 0. The molecule has 126 valence electrons. The number of hydrogen-bond donors (Lipinski definition) is 0. The summed E-state index contributed by atoms with van der Waals surface area (Å²) < 4.78 is 5.85. The first-order valence-electron chi connectivity index (χ1n) is 8.24. The van der Waals surface area contributed by atoms with E-state index in [-0.39, 0.29) is 5.56 Å². The molecular weight excluding hydrogens is 352 g/mol. The summed E-state index contributed by atoms with van der Waals surface area (Å²) >= 11 is 3.30. The van der Waals surface area contributed by atoms with Gasteiger partial charge >= 0.3 is 0 Å². The van der Waals surface area contributed by atoms with Gasteiger partial charge in [-0.3, -0.25) is 4.79 Å². The van der Waals surface area contributed by atoms with Gasteiger partial charge in [0.05, 0.1) is 17.4 Å². The molecule has 1 aliphatic carbocycles. The standard InChI is InChI=1S/C18H16N4OS2/c1-24-18-20-16-15(25-18)13-9-19-21(10-11-5-3-2-4-6-11)17(23)14(13)22(16)12-7-8-12/h2-6,9,12H,7-8,10H2,1H3. The van der Waals surface area contributed by atoms with Gasteiger partial charge in [0.1, 0.15) is 5.52 Å². The lowest BCUT2D eigenvalue weighted by molar-refractivity contribution is 0.640. The molecule has 1 aliphatic rings. The summed E-state index contributed by atoms with van der Waals surface area (Å²) in [5, 5.41) is 5.38. The van der Waals surface area contributed by atoms with Crippen LogP contribution < -0.4 is 5.56 Å². The molecule has 25 heavy (non-hydrogen) atoms. The van der Waals surface area contributed by atoms with E-state index >= 15 is 0 Å². The second-order valence-electron chi connectivity index (χ2n) is 6.29. The molecule has 3 aromatic heterocycles. The maximum Gasteiger partial charge on any atom is 0.291 e. The smallest absolute Gasteiger partial charge is 0.291 e. The van der Waals surface area contributed by atoms with Gasteiger partial charge in [-0.15, -0.1) is 11.3 Å². The molecule has 5 rings (SSSR count). The van der Waals surface area contributed by atoms with Crippen molar-refractivity contribution in [2.75, 3.05) is 6.26 Å². The third-order valence-corrected chi connectivity index (χ3v) is 6.65. The van der Waals surface area contributed by atoms with Crippen molar-refractivity contribution in [1.29, 1.82) is 0 Å². The molecule has 0 N–H and O–H groups in total. The fourth-order valence-corrected chi connectivity index (χ4v) is 4.82. The van der Waals surface area contributed by atoms with Crippen LogP contribution in [0.15, 0.2) is 45.7 Å². The fourth-order valence-electron chi connectivity index (χ4n) is 3.26. The first-order chi connectivity index (χ1) is 12.3. The second kappa shape index (κ2) is 5.71. The number of nitrogens with zero attached hydrogens (tertiary/aromatic N) is 4. The van der Waals surface area contributed by atoms with E-state index in [1.807, 2.05) is 42.8 Å². The predicted octanol–water partition coefficient (Wildman–Crippen LogP) is 3.91. The quantitative estimate of drug-likeness (QED) is 0.513. The number of aromatic nitrogens is 4. The van der Waals surface area contributed by atoms with Crippen LogP contribution in [0.2, 0.25) is 0 Å². The normalized spacial score (nSPS) is 14.6. The highest BCUT2D eigenvalue weighted by Crippen LogP contribution is 2.43. The van der Waals surface area contributed by atoms with E-state index in [9.17, 15) is 4.79 Å². The first-order valence-corrected chi connectivity index (χ1v) is 10.3. The molecule has 0 amide bonds. The Labute approximate surface area is 152 Å². The SMILES string of the molecule is CSc1nc2c(s1)c1cnn(Cc3ccccc3)c(=O)c1n2C1CC1. The summed E-state index contributed by atoms with van der Waals surface area (Å²) in [6.45, 7) is 0.489. The Kier molecular flexibility index (Phi) is 3.46. The Hall–Kier alpha value is -2.12. The van der Waals surface area contributed by atoms with Crippen molar-refractivity contribution in [3.8, 4) is 0 Å². The molecule has 0 radical (unpaired) electrons. The third kappa shape index (κ3) is 2.41. The van der Waals surface area contributed by atoms with E-state index in [0.29, 0.717) is 12.6 Å². The van der Waals surface area contributed by atoms with Crippen LogP contribution in [0.3, 0.4) is 0 Å². The molecule has 1 fully saturated rings. The third-order valence-electron chi connectivity index (χ3n) is 4.58. The van der Waals surface area contributed by atoms with Crippen molar-refractivity contribution < 1.29 is 0 Å². The van der Waals surface area contributed by atoms with Gasteiger partial charge in [-0.05, 0) is 24.7 Å². The molecule has 0 saturated heterocycles. The molecule has 0 atom stereocenters. The molecule has 7 heteroatoms. The number of benzene rings is 1. The van der Waals surface area contributed by atoms with Crippen LogP contribution in [-0.4, -0.2) is 25.6 Å². The van der Waals surface area contributed by atoms with Crippen LogP contribution in [0.4, 0.5) is 0 Å². The van der Waals surface area contributed by atoms with Crippen molar-refractivity contribution in [3.63, 3.8) is 0 Å². The van der Waals surface area contributed by atoms with E-state index in [4.69, 9.17) is 4.98 Å². The molecule has 1 saturated carbocycles. The molecule has 4 aromatic rings. The number of hydrogen-bond acceptors (Lipinski definition) is 5. The monoisotopic (exact) mass is 368 g/mol. The van der Waals surface area contributed by atoms with Crippen LogP contribution in [0.25, 0.3) is 21.3 Å². The van der Waals surface area contributed by atoms with Gasteiger partial charge in [-0.1, -0.05) is 42.1 Å². The Morgan fingerprint density at radius 3 is 2.80 bits per heavy atom. The van der Waals surface area contributed by atoms with E-state index in [1.54, 1.807) is 27.8 Å². The van der Waals surface area contributed by atoms with Crippen LogP contribution >= 0.6 is 23.1 Å². The van der Waals surface area contributed by atoms with Crippen LogP contribution in [0, 0.1) is 0 Å².